The lowest BCUT2D eigenvalue weighted by atomic mass is 10.2. The van der Waals surface area contributed by atoms with Gasteiger partial charge in [0, 0.05) is 6.92 Å². The monoisotopic (exact) mass is 224 g/mol. The minimum Gasteiger partial charge on any atom is -0.479 e. The van der Waals surface area contributed by atoms with E-state index in [4.69, 9.17) is 15.5 Å². The van der Waals surface area contributed by atoms with Crippen LogP contribution in [0.25, 0.3) is 0 Å². The van der Waals surface area contributed by atoms with Gasteiger partial charge in [-0.25, -0.2) is 29.0 Å². The lowest BCUT2D eigenvalue weighted by Gasteiger charge is -2.13. The first-order valence-electron chi connectivity index (χ1n) is 3.50. The van der Waals surface area contributed by atoms with Crippen molar-refractivity contribution >= 4 is 17.9 Å². The second kappa shape index (κ2) is 5.90. The number of aliphatic carboxylic acids is 1. The zero-order valence-electron chi connectivity index (χ0n) is 7.45. The van der Waals surface area contributed by atoms with E-state index in [1.165, 1.54) is 0 Å². The number of aliphatic hydroxyl groups excluding tert-OH is 1. The summed E-state index contributed by atoms with van der Waals surface area (Å²) < 4.78 is 0. The van der Waals surface area contributed by atoms with Gasteiger partial charge in [-0.05, 0) is 0 Å². The van der Waals surface area contributed by atoms with Gasteiger partial charge in [-0.15, -0.1) is 0 Å². The Labute approximate surface area is 82.6 Å². The number of hydrogen-bond donors (Lipinski definition) is 3. The van der Waals surface area contributed by atoms with E-state index in [0.29, 0.717) is 0 Å². The average Bonchev–Trinajstić information content (AvgIpc) is 2.15. The van der Waals surface area contributed by atoms with Gasteiger partial charge in [-0.2, -0.15) is 0 Å². The molecule has 0 aliphatic rings. The van der Waals surface area contributed by atoms with E-state index in [-0.39, 0.29) is 0 Å². The van der Waals surface area contributed by atoms with Gasteiger partial charge in [-0.3, -0.25) is 5.26 Å². The predicted molar refractivity (Wildman–Crippen MR) is 39.0 cm³/mol. The van der Waals surface area contributed by atoms with E-state index in [2.05, 4.69) is 14.7 Å². The van der Waals surface area contributed by atoms with Gasteiger partial charge < -0.3 is 10.2 Å². The summed E-state index contributed by atoms with van der Waals surface area (Å²) in [5, 5.41) is 25.2. The molecule has 0 spiro atoms. The van der Waals surface area contributed by atoms with Gasteiger partial charge in [0.2, 0.25) is 6.10 Å². The van der Waals surface area contributed by atoms with Crippen LogP contribution in [-0.4, -0.2) is 45.6 Å². The summed E-state index contributed by atoms with van der Waals surface area (Å²) in [7, 11) is 0. The highest BCUT2D eigenvalue weighted by Gasteiger charge is 2.36. The third-order valence-electron chi connectivity index (χ3n) is 1.13. The highest BCUT2D eigenvalue weighted by atomic mass is 17.2. The molecule has 2 atom stereocenters. The molecule has 0 saturated heterocycles. The maximum atomic E-state index is 10.8. The van der Waals surface area contributed by atoms with Crippen LogP contribution in [0.15, 0.2) is 0 Å². The molecule has 86 valence electrons. The molecule has 0 heterocycles. The van der Waals surface area contributed by atoms with Crippen molar-refractivity contribution < 1.29 is 44.5 Å². The standard InChI is InChI=1S/C6H8O9/c1-2(7)14-15-6(11)4(13-12)3(8)5(9)10/h3-4,8,12H,1H3,(H,9,10)/t3-,4-/m1/s1. The van der Waals surface area contributed by atoms with Gasteiger partial charge >= 0.3 is 17.9 Å². The van der Waals surface area contributed by atoms with Crippen molar-refractivity contribution in [3.63, 3.8) is 0 Å². The van der Waals surface area contributed by atoms with Gasteiger partial charge in [-0.1, -0.05) is 0 Å². The zero-order valence-corrected chi connectivity index (χ0v) is 7.45. The number of hydrogen-bond acceptors (Lipinski definition) is 8. The second-order valence-corrected chi connectivity index (χ2v) is 2.29. The van der Waals surface area contributed by atoms with E-state index in [0.717, 1.165) is 6.92 Å². The maximum absolute atomic E-state index is 10.8. The molecule has 0 bridgehead atoms. The maximum Gasteiger partial charge on any atom is 0.390 e. The van der Waals surface area contributed by atoms with Crippen LogP contribution in [0.3, 0.4) is 0 Å². The Hall–Kier alpha value is -1.71. The summed E-state index contributed by atoms with van der Waals surface area (Å²) in [5.74, 6) is -4.37. The summed E-state index contributed by atoms with van der Waals surface area (Å²) in [6, 6.07) is 0. The molecular weight excluding hydrogens is 216 g/mol. The molecule has 9 nitrogen and oxygen atoms in total. The van der Waals surface area contributed by atoms with Crippen LogP contribution in [0.1, 0.15) is 6.92 Å². The highest BCUT2D eigenvalue weighted by Crippen LogP contribution is 2.02. The predicted octanol–water partition coefficient (Wildman–Crippen LogP) is -1.69. The topological polar surface area (TPSA) is 140 Å². The third kappa shape index (κ3) is 4.35. The lowest BCUT2D eigenvalue weighted by molar-refractivity contribution is -0.315. The lowest BCUT2D eigenvalue weighted by Crippen LogP contribution is -2.42. The summed E-state index contributed by atoms with van der Waals surface area (Å²) in [6.45, 7) is 0.912. The smallest absolute Gasteiger partial charge is 0.390 e. The Kier molecular flexibility index (Phi) is 5.23. The van der Waals surface area contributed by atoms with Crippen LogP contribution >= 0.6 is 0 Å². The number of carboxylic acid groups (broad SMARTS) is 1. The summed E-state index contributed by atoms with van der Waals surface area (Å²) in [6.07, 6.45) is -4.56. The highest BCUT2D eigenvalue weighted by molar-refractivity contribution is 5.84. The van der Waals surface area contributed by atoms with Crippen molar-refractivity contribution in [2.45, 2.75) is 19.1 Å². The molecule has 3 N–H and O–H groups in total. The first-order valence-corrected chi connectivity index (χ1v) is 3.50. The van der Waals surface area contributed by atoms with Crippen LogP contribution in [0.5, 0.6) is 0 Å². The number of carboxylic acids is 1. The normalized spacial score (nSPS) is 13.8. The fourth-order valence-electron chi connectivity index (χ4n) is 0.506. The molecule has 15 heavy (non-hydrogen) atoms. The Morgan fingerprint density at radius 1 is 1.20 bits per heavy atom. The molecule has 0 aromatic heterocycles. The van der Waals surface area contributed by atoms with Crippen LogP contribution < -0.4 is 0 Å². The Morgan fingerprint density at radius 3 is 2.07 bits per heavy atom. The van der Waals surface area contributed by atoms with Gasteiger partial charge in [0.25, 0.3) is 0 Å². The van der Waals surface area contributed by atoms with Crippen molar-refractivity contribution in [3.8, 4) is 0 Å². The molecule has 0 amide bonds. The number of rotatable bonds is 4. The van der Waals surface area contributed by atoms with Gasteiger partial charge in [0.15, 0.2) is 6.10 Å². The molecule has 0 aromatic rings. The largest absolute Gasteiger partial charge is 0.479 e. The summed E-state index contributed by atoms with van der Waals surface area (Å²) in [5.41, 5.74) is 0. The van der Waals surface area contributed by atoms with Crippen LogP contribution in [-0.2, 0) is 29.0 Å². The SMILES string of the molecule is CC(=O)OOC(=O)[C@H](OO)[C@@H](O)C(=O)O. The van der Waals surface area contributed by atoms with Crippen molar-refractivity contribution in [3.05, 3.63) is 0 Å². The number of aliphatic hydroxyl groups is 1. The second-order valence-electron chi connectivity index (χ2n) is 2.29. The number of carbonyl (C=O) groups is 3. The van der Waals surface area contributed by atoms with Crippen LogP contribution in [0.4, 0.5) is 0 Å². The molecule has 0 rings (SSSR count). The molecule has 0 aliphatic carbocycles. The minimum absolute atomic E-state index is 0.912. The Balaban J connectivity index is 4.34. The fourth-order valence-corrected chi connectivity index (χ4v) is 0.506. The van der Waals surface area contributed by atoms with Crippen molar-refractivity contribution in [1.82, 2.24) is 0 Å². The van der Waals surface area contributed by atoms with E-state index >= 15 is 0 Å². The fraction of sp³-hybridized carbons (Fsp3) is 0.500. The van der Waals surface area contributed by atoms with E-state index in [1.807, 2.05) is 0 Å². The quantitative estimate of drug-likeness (QED) is 0.376. The Bertz CT molecular complexity index is 259. The number of carbonyl (C=O) groups excluding carboxylic acids is 2. The van der Waals surface area contributed by atoms with Gasteiger partial charge in [0.05, 0.1) is 0 Å². The van der Waals surface area contributed by atoms with E-state index in [9.17, 15) is 14.4 Å². The van der Waals surface area contributed by atoms with Gasteiger partial charge in [0.1, 0.15) is 0 Å². The first kappa shape index (κ1) is 13.3. The Morgan fingerprint density at radius 2 is 1.73 bits per heavy atom. The molecule has 0 unspecified atom stereocenters. The zero-order chi connectivity index (χ0) is 12.0. The summed E-state index contributed by atoms with van der Waals surface area (Å²) in [4.78, 5) is 42.0. The van der Waals surface area contributed by atoms with Crippen molar-refractivity contribution in [2.24, 2.45) is 0 Å². The van der Waals surface area contributed by atoms with Crippen molar-refractivity contribution in [1.29, 1.82) is 0 Å². The molecule has 0 aliphatic heterocycles. The average molecular weight is 224 g/mol. The van der Waals surface area contributed by atoms with E-state index in [1.54, 1.807) is 0 Å². The molecule has 9 heteroatoms. The van der Waals surface area contributed by atoms with E-state index < -0.39 is 30.1 Å². The van der Waals surface area contributed by atoms with Crippen molar-refractivity contribution in [2.75, 3.05) is 0 Å². The van der Waals surface area contributed by atoms with Crippen LogP contribution in [0, 0.1) is 0 Å². The molecular formula is C6H8O9. The third-order valence-corrected chi connectivity index (χ3v) is 1.13. The molecule has 0 aromatic carbocycles. The van der Waals surface area contributed by atoms with Crippen LogP contribution in [0.2, 0.25) is 0 Å². The summed E-state index contributed by atoms with van der Waals surface area (Å²) >= 11 is 0. The molecule has 0 radical (unpaired) electrons. The molecule has 0 saturated carbocycles. The first-order chi connectivity index (χ1) is 6.90. The minimum atomic E-state index is -2.35. The molecule has 0 fully saturated rings.